The molecule has 0 atom stereocenters. The molecule has 0 N–H and O–H groups in total. The van der Waals surface area contributed by atoms with E-state index in [2.05, 4.69) is 26.9 Å². The summed E-state index contributed by atoms with van der Waals surface area (Å²) in [7, 11) is 0. The molecule has 1 aliphatic heterocycles. The number of benzene rings is 1. The number of aromatic nitrogens is 4. The maximum atomic E-state index is 12.9. The molecule has 0 unspecified atom stereocenters. The number of likely N-dealkylation sites (N-methyl/N-ethyl adjacent to an activating group) is 1. The lowest BCUT2D eigenvalue weighted by molar-refractivity contribution is 0.0641. The average Bonchev–Trinajstić information content (AvgIpc) is 3.10. The summed E-state index contributed by atoms with van der Waals surface area (Å²) in [6.07, 6.45) is 1.76. The smallest absolute Gasteiger partial charge is 0.257 e. The van der Waals surface area contributed by atoms with Crippen LogP contribution in [-0.4, -0.2) is 68.0 Å². The first-order valence-corrected chi connectivity index (χ1v) is 8.97. The molecule has 26 heavy (non-hydrogen) atoms. The summed E-state index contributed by atoms with van der Waals surface area (Å²) in [4.78, 5) is 26.2. The second-order valence-corrected chi connectivity index (χ2v) is 6.51. The lowest BCUT2D eigenvalue weighted by Gasteiger charge is -2.34. The zero-order valence-corrected chi connectivity index (χ0v) is 15.1. The molecule has 4 rings (SSSR count). The van der Waals surface area contributed by atoms with Gasteiger partial charge >= 0.3 is 0 Å². The molecule has 1 saturated heterocycles. The number of carbonyl (C=O) groups is 1. The molecule has 0 spiro atoms. The van der Waals surface area contributed by atoms with Crippen LogP contribution < -0.4 is 0 Å². The van der Waals surface area contributed by atoms with Crippen LogP contribution >= 0.6 is 0 Å². The molecule has 0 radical (unpaired) electrons. The predicted octanol–water partition coefficient (Wildman–Crippen LogP) is 1.88. The Kier molecular flexibility index (Phi) is 4.38. The topological polar surface area (TPSA) is 66.6 Å². The molecule has 2 aromatic heterocycles. The molecular formula is C19H22N6O. The van der Waals surface area contributed by atoms with Gasteiger partial charge in [0.15, 0.2) is 5.82 Å². The number of hydrogen-bond donors (Lipinski definition) is 0. The van der Waals surface area contributed by atoms with E-state index in [1.165, 1.54) is 0 Å². The van der Waals surface area contributed by atoms with Gasteiger partial charge in [0.05, 0.1) is 11.3 Å². The highest BCUT2D eigenvalue weighted by Gasteiger charge is 2.24. The van der Waals surface area contributed by atoms with E-state index in [9.17, 15) is 4.79 Å². The van der Waals surface area contributed by atoms with E-state index in [0.29, 0.717) is 22.9 Å². The van der Waals surface area contributed by atoms with Crippen molar-refractivity contribution in [2.75, 3.05) is 32.7 Å². The predicted molar refractivity (Wildman–Crippen MR) is 99.0 cm³/mol. The van der Waals surface area contributed by atoms with Crippen LogP contribution in [0.5, 0.6) is 0 Å². The Morgan fingerprint density at radius 3 is 2.50 bits per heavy atom. The zero-order chi connectivity index (χ0) is 18.1. The summed E-state index contributed by atoms with van der Waals surface area (Å²) in [5.74, 6) is 1.14. The van der Waals surface area contributed by atoms with Crippen molar-refractivity contribution < 1.29 is 4.79 Å². The van der Waals surface area contributed by atoms with E-state index >= 15 is 0 Å². The maximum absolute atomic E-state index is 12.9. The standard InChI is InChI=1S/C19H22N6O/c1-3-23-9-11-24(12-10-23)18(26)16-13-25-19(20-14(16)2)21-17(22-25)15-7-5-4-6-8-15/h4-8,13H,3,9-12H2,1-2H3. The highest BCUT2D eigenvalue weighted by molar-refractivity contribution is 5.95. The molecule has 7 nitrogen and oxygen atoms in total. The fourth-order valence-electron chi connectivity index (χ4n) is 3.26. The molecule has 1 fully saturated rings. The molecule has 3 heterocycles. The normalized spacial score (nSPS) is 15.5. The zero-order valence-electron chi connectivity index (χ0n) is 15.1. The molecule has 1 amide bonds. The van der Waals surface area contributed by atoms with Gasteiger partial charge in [0.1, 0.15) is 0 Å². The second kappa shape index (κ2) is 6.84. The Morgan fingerprint density at radius 1 is 1.08 bits per heavy atom. The Balaban J connectivity index is 1.63. The second-order valence-electron chi connectivity index (χ2n) is 6.51. The molecule has 3 aromatic rings. The van der Waals surface area contributed by atoms with Crippen LogP contribution in [0.25, 0.3) is 17.2 Å². The summed E-state index contributed by atoms with van der Waals surface area (Å²) in [6, 6.07) is 9.77. The summed E-state index contributed by atoms with van der Waals surface area (Å²) in [6.45, 7) is 8.35. The SMILES string of the molecule is CCN1CCN(C(=O)c2cn3nc(-c4ccccc4)nc3nc2C)CC1. The molecule has 1 aliphatic rings. The fraction of sp³-hybridized carbons (Fsp3) is 0.368. The maximum Gasteiger partial charge on any atom is 0.257 e. The number of piperazine rings is 1. The molecule has 134 valence electrons. The minimum Gasteiger partial charge on any atom is -0.336 e. The van der Waals surface area contributed by atoms with Crippen LogP contribution in [0.4, 0.5) is 0 Å². The number of carbonyl (C=O) groups excluding carboxylic acids is 1. The monoisotopic (exact) mass is 350 g/mol. The summed E-state index contributed by atoms with van der Waals surface area (Å²) in [5.41, 5.74) is 2.21. The Hall–Kier alpha value is -2.80. The summed E-state index contributed by atoms with van der Waals surface area (Å²) in [5, 5.41) is 4.50. The van der Waals surface area contributed by atoms with Gasteiger partial charge in [-0.25, -0.2) is 9.50 Å². The molecule has 7 heteroatoms. The van der Waals surface area contributed by atoms with E-state index in [0.717, 1.165) is 38.3 Å². The molecule has 0 bridgehead atoms. The number of amides is 1. The number of aryl methyl sites for hydroxylation is 1. The minimum absolute atomic E-state index is 0.0180. The van der Waals surface area contributed by atoms with E-state index in [4.69, 9.17) is 0 Å². The van der Waals surface area contributed by atoms with Gasteiger partial charge in [-0.05, 0) is 13.5 Å². The van der Waals surface area contributed by atoms with Gasteiger partial charge in [0.25, 0.3) is 11.7 Å². The van der Waals surface area contributed by atoms with Gasteiger partial charge in [0, 0.05) is 37.9 Å². The van der Waals surface area contributed by atoms with Gasteiger partial charge in [0.2, 0.25) is 0 Å². The minimum atomic E-state index is 0.0180. The van der Waals surface area contributed by atoms with Crippen molar-refractivity contribution in [1.82, 2.24) is 29.4 Å². The first kappa shape index (κ1) is 16.7. The average molecular weight is 350 g/mol. The van der Waals surface area contributed by atoms with Crippen LogP contribution in [0.1, 0.15) is 23.0 Å². The lowest BCUT2D eigenvalue weighted by Crippen LogP contribution is -2.48. The van der Waals surface area contributed by atoms with Gasteiger partial charge in [-0.1, -0.05) is 37.3 Å². The molecule has 0 saturated carbocycles. The third kappa shape index (κ3) is 3.06. The molecule has 0 aliphatic carbocycles. The third-order valence-corrected chi connectivity index (χ3v) is 4.89. The van der Waals surface area contributed by atoms with Crippen LogP contribution in [0.3, 0.4) is 0 Å². The Labute approximate surface area is 152 Å². The van der Waals surface area contributed by atoms with Crippen LogP contribution in [0.2, 0.25) is 0 Å². The largest absolute Gasteiger partial charge is 0.336 e. The summed E-state index contributed by atoms with van der Waals surface area (Å²) < 4.78 is 1.60. The van der Waals surface area contributed by atoms with E-state index < -0.39 is 0 Å². The Morgan fingerprint density at radius 2 is 1.81 bits per heavy atom. The molecule has 1 aromatic carbocycles. The van der Waals surface area contributed by atoms with Gasteiger partial charge in [-0.3, -0.25) is 4.79 Å². The number of fused-ring (bicyclic) bond motifs is 1. The van der Waals surface area contributed by atoms with Gasteiger partial charge in [-0.2, -0.15) is 4.98 Å². The highest BCUT2D eigenvalue weighted by atomic mass is 16.2. The fourth-order valence-corrected chi connectivity index (χ4v) is 3.26. The van der Waals surface area contributed by atoms with Crippen LogP contribution in [0.15, 0.2) is 36.5 Å². The highest BCUT2D eigenvalue weighted by Crippen LogP contribution is 2.17. The van der Waals surface area contributed by atoms with Crippen LogP contribution in [0, 0.1) is 6.92 Å². The number of hydrogen-bond acceptors (Lipinski definition) is 5. The van der Waals surface area contributed by atoms with E-state index in [1.807, 2.05) is 42.2 Å². The third-order valence-electron chi connectivity index (χ3n) is 4.89. The van der Waals surface area contributed by atoms with Crippen molar-refractivity contribution in [1.29, 1.82) is 0 Å². The van der Waals surface area contributed by atoms with Crippen molar-refractivity contribution >= 4 is 11.7 Å². The number of rotatable bonds is 3. The van der Waals surface area contributed by atoms with Crippen LogP contribution in [-0.2, 0) is 0 Å². The quantitative estimate of drug-likeness (QED) is 0.721. The van der Waals surface area contributed by atoms with E-state index in [1.54, 1.807) is 10.7 Å². The van der Waals surface area contributed by atoms with Gasteiger partial charge in [-0.15, -0.1) is 5.10 Å². The lowest BCUT2D eigenvalue weighted by atomic mass is 10.2. The van der Waals surface area contributed by atoms with Crippen molar-refractivity contribution in [2.24, 2.45) is 0 Å². The van der Waals surface area contributed by atoms with E-state index in [-0.39, 0.29) is 5.91 Å². The first-order chi connectivity index (χ1) is 12.7. The van der Waals surface area contributed by atoms with Crippen molar-refractivity contribution in [3.8, 4) is 11.4 Å². The Bertz CT molecular complexity index is 928. The van der Waals surface area contributed by atoms with Crippen molar-refractivity contribution in [3.05, 3.63) is 47.8 Å². The number of nitrogens with zero attached hydrogens (tertiary/aromatic N) is 6. The van der Waals surface area contributed by atoms with Crippen molar-refractivity contribution in [2.45, 2.75) is 13.8 Å². The summed E-state index contributed by atoms with van der Waals surface area (Å²) >= 11 is 0. The first-order valence-electron chi connectivity index (χ1n) is 8.97. The molecular weight excluding hydrogens is 328 g/mol. The van der Waals surface area contributed by atoms with Gasteiger partial charge < -0.3 is 9.80 Å². The van der Waals surface area contributed by atoms with Crippen molar-refractivity contribution in [3.63, 3.8) is 0 Å².